The number of nitro benzene ring substituents is 1. The lowest BCUT2D eigenvalue weighted by Crippen LogP contribution is -2.32. The average Bonchev–Trinajstić information content (AvgIpc) is 2.65. The lowest BCUT2D eigenvalue weighted by Gasteiger charge is -2.26. The van der Waals surface area contributed by atoms with Crippen LogP contribution in [0.25, 0.3) is 0 Å². The summed E-state index contributed by atoms with van der Waals surface area (Å²) in [5, 5.41) is 13.9. The average molecular weight is 406 g/mol. The highest BCUT2D eigenvalue weighted by atomic mass is 35.5. The van der Waals surface area contributed by atoms with Crippen molar-refractivity contribution >= 4 is 40.6 Å². The van der Waals surface area contributed by atoms with Crippen molar-refractivity contribution in [3.63, 3.8) is 0 Å². The summed E-state index contributed by atoms with van der Waals surface area (Å²) in [7, 11) is 0. The smallest absolute Gasteiger partial charge is 0.288 e. The fraction of sp³-hybridized carbons (Fsp3) is 0.316. The minimum atomic E-state index is -0.595. The quantitative estimate of drug-likeness (QED) is 0.591. The molecule has 1 aliphatic rings. The number of aryl methyl sites for hydroxylation is 1. The number of carbonyl (C=O) groups is 1. The molecule has 0 radical (unpaired) electrons. The maximum Gasteiger partial charge on any atom is 0.288 e. The minimum Gasteiger partial charge on any atom is -0.322 e. The Morgan fingerprint density at radius 1 is 1.26 bits per heavy atom. The fourth-order valence-electron chi connectivity index (χ4n) is 2.91. The van der Waals surface area contributed by atoms with Gasteiger partial charge in [-0.15, -0.1) is 0 Å². The normalized spacial score (nSPS) is 14.7. The van der Waals surface area contributed by atoms with Gasteiger partial charge in [-0.1, -0.05) is 23.7 Å². The third-order valence-electron chi connectivity index (χ3n) is 4.47. The maximum atomic E-state index is 12.6. The second-order valence-corrected chi connectivity index (χ2v) is 8.05. The van der Waals surface area contributed by atoms with Gasteiger partial charge in [0.25, 0.3) is 11.6 Å². The molecule has 0 spiro atoms. The molecule has 1 aliphatic heterocycles. The summed E-state index contributed by atoms with van der Waals surface area (Å²) in [5.74, 6) is 1.89. The Labute approximate surface area is 167 Å². The standard InChI is InChI=1S/C19H20ClN3O3S/c1-13-2-3-14(12-22-6-8-27-9-7-22)10-17(13)21-19(24)15-4-5-16(20)18(11-15)23(25)26/h2-5,10-11H,6-9,12H2,1H3,(H,21,24). The van der Waals surface area contributed by atoms with Gasteiger partial charge in [0.1, 0.15) is 5.02 Å². The Balaban J connectivity index is 1.76. The van der Waals surface area contributed by atoms with E-state index in [0.717, 1.165) is 42.3 Å². The molecule has 8 heteroatoms. The van der Waals surface area contributed by atoms with Crippen LogP contribution in [0.3, 0.4) is 0 Å². The van der Waals surface area contributed by atoms with Crippen molar-refractivity contribution in [2.75, 3.05) is 29.9 Å². The number of amides is 1. The van der Waals surface area contributed by atoms with Crippen molar-refractivity contribution in [2.24, 2.45) is 0 Å². The van der Waals surface area contributed by atoms with E-state index in [-0.39, 0.29) is 16.3 Å². The van der Waals surface area contributed by atoms with Gasteiger partial charge in [-0.05, 0) is 36.2 Å². The van der Waals surface area contributed by atoms with Crippen molar-refractivity contribution in [1.29, 1.82) is 0 Å². The van der Waals surface area contributed by atoms with E-state index in [2.05, 4.69) is 16.3 Å². The summed E-state index contributed by atoms with van der Waals surface area (Å²) < 4.78 is 0. The third-order valence-corrected chi connectivity index (χ3v) is 5.73. The first-order valence-corrected chi connectivity index (χ1v) is 10.1. The molecule has 1 saturated heterocycles. The van der Waals surface area contributed by atoms with Crippen LogP contribution in [0.1, 0.15) is 21.5 Å². The molecule has 27 heavy (non-hydrogen) atoms. The summed E-state index contributed by atoms with van der Waals surface area (Å²) >= 11 is 7.78. The van der Waals surface area contributed by atoms with Gasteiger partial charge in [0, 0.05) is 48.5 Å². The molecule has 0 atom stereocenters. The van der Waals surface area contributed by atoms with Crippen LogP contribution in [0.2, 0.25) is 5.02 Å². The van der Waals surface area contributed by atoms with Crippen LogP contribution < -0.4 is 5.32 Å². The molecule has 0 aliphatic carbocycles. The Kier molecular flexibility index (Phi) is 6.36. The monoisotopic (exact) mass is 405 g/mol. The molecule has 1 N–H and O–H groups in total. The van der Waals surface area contributed by atoms with E-state index in [1.807, 2.05) is 30.8 Å². The fourth-order valence-corrected chi connectivity index (χ4v) is 4.07. The molecule has 0 unspecified atom stereocenters. The molecule has 142 valence electrons. The number of nitrogens with zero attached hydrogens (tertiary/aromatic N) is 2. The van der Waals surface area contributed by atoms with Crippen LogP contribution in [0, 0.1) is 17.0 Å². The number of rotatable bonds is 5. The highest BCUT2D eigenvalue weighted by molar-refractivity contribution is 7.99. The molecule has 1 heterocycles. The summed E-state index contributed by atoms with van der Waals surface area (Å²) in [6, 6.07) is 10.1. The zero-order valence-electron chi connectivity index (χ0n) is 14.9. The Hall–Kier alpha value is -2.09. The molecule has 3 rings (SSSR count). The molecule has 2 aromatic carbocycles. The van der Waals surface area contributed by atoms with Gasteiger partial charge in [0.2, 0.25) is 0 Å². The first-order chi connectivity index (χ1) is 12.9. The number of hydrogen-bond donors (Lipinski definition) is 1. The topological polar surface area (TPSA) is 75.5 Å². The first kappa shape index (κ1) is 19.7. The Morgan fingerprint density at radius 3 is 2.70 bits per heavy atom. The minimum absolute atomic E-state index is 0.00872. The first-order valence-electron chi connectivity index (χ1n) is 8.59. The van der Waals surface area contributed by atoms with Gasteiger partial charge in [-0.2, -0.15) is 11.8 Å². The second kappa shape index (κ2) is 8.73. The van der Waals surface area contributed by atoms with E-state index >= 15 is 0 Å². The van der Waals surface area contributed by atoms with Crippen LogP contribution in [-0.2, 0) is 6.54 Å². The van der Waals surface area contributed by atoms with E-state index in [4.69, 9.17) is 11.6 Å². The van der Waals surface area contributed by atoms with Gasteiger partial charge >= 0.3 is 0 Å². The van der Waals surface area contributed by atoms with Gasteiger partial charge < -0.3 is 5.32 Å². The maximum absolute atomic E-state index is 12.6. The molecule has 0 saturated carbocycles. The van der Waals surface area contributed by atoms with Crippen molar-refractivity contribution in [3.8, 4) is 0 Å². The number of nitrogens with one attached hydrogen (secondary N) is 1. The largest absolute Gasteiger partial charge is 0.322 e. The highest BCUT2D eigenvalue weighted by Crippen LogP contribution is 2.26. The summed E-state index contributed by atoms with van der Waals surface area (Å²) in [6.45, 7) is 4.89. The van der Waals surface area contributed by atoms with Crippen molar-refractivity contribution < 1.29 is 9.72 Å². The lowest BCUT2D eigenvalue weighted by atomic mass is 10.1. The molecule has 2 aromatic rings. The van der Waals surface area contributed by atoms with Gasteiger partial charge in [0.15, 0.2) is 0 Å². The lowest BCUT2D eigenvalue weighted by molar-refractivity contribution is -0.384. The van der Waals surface area contributed by atoms with Crippen LogP contribution in [0.4, 0.5) is 11.4 Å². The Morgan fingerprint density at radius 2 is 2.00 bits per heavy atom. The van der Waals surface area contributed by atoms with Gasteiger partial charge in [0.05, 0.1) is 4.92 Å². The van der Waals surface area contributed by atoms with Crippen molar-refractivity contribution in [1.82, 2.24) is 4.90 Å². The molecule has 1 amide bonds. The summed E-state index contributed by atoms with van der Waals surface area (Å²) in [6.07, 6.45) is 0. The molecule has 1 fully saturated rings. The summed E-state index contributed by atoms with van der Waals surface area (Å²) in [4.78, 5) is 25.4. The Bertz CT molecular complexity index is 869. The number of thioether (sulfide) groups is 1. The number of anilines is 1. The second-order valence-electron chi connectivity index (χ2n) is 6.42. The molecule has 0 bridgehead atoms. The predicted molar refractivity (Wildman–Crippen MR) is 110 cm³/mol. The van der Waals surface area contributed by atoms with Crippen LogP contribution in [-0.4, -0.2) is 40.3 Å². The molecule has 6 nitrogen and oxygen atoms in total. The number of carbonyl (C=O) groups excluding carboxylic acids is 1. The summed E-state index contributed by atoms with van der Waals surface area (Å²) in [5.41, 5.74) is 2.69. The highest BCUT2D eigenvalue weighted by Gasteiger charge is 2.17. The van der Waals surface area contributed by atoms with Crippen LogP contribution >= 0.6 is 23.4 Å². The number of nitro groups is 1. The molecular formula is C19H20ClN3O3S. The van der Waals surface area contributed by atoms with E-state index < -0.39 is 10.8 Å². The van der Waals surface area contributed by atoms with E-state index in [1.54, 1.807) is 0 Å². The zero-order valence-corrected chi connectivity index (χ0v) is 16.5. The van der Waals surface area contributed by atoms with Crippen molar-refractivity contribution in [2.45, 2.75) is 13.5 Å². The molecule has 0 aromatic heterocycles. The number of halogens is 1. The molecular weight excluding hydrogens is 386 g/mol. The predicted octanol–water partition coefficient (Wildman–Crippen LogP) is 4.36. The van der Waals surface area contributed by atoms with E-state index in [1.165, 1.54) is 18.2 Å². The zero-order chi connectivity index (χ0) is 19.4. The van der Waals surface area contributed by atoms with Gasteiger partial charge in [-0.25, -0.2) is 0 Å². The van der Waals surface area contributed by atoms with Crippen LogP contribution in [0.15, 0.2) is 36.4 Å². The third kappa shape index (κ3) is 5.00. The number of benzene rings is 2. The SMILES string of the molecule is Cc1ccc(CN2CCSCC2)cc1NC(=O)c1ccc(Cl)c([N+](=O)[O-])c1. The van der Waals surface area contributed by atoms with Gasteiger partial charge in [-0.3, -0.25) is 19.8 Å². The van der Waals surface area contributed by atoms with E-state index in [9.17, 15) is 14.9 Å². The van der Waals surface area contributed by atoms with Crippen LogP contribution in [0.5, 0.6) is 0 Å². The van der Waals surface area contributed by atoms with E-state index in [0.29, 0.717) is 5.69 Å². The number of hydrogen-bond acceptors (Lipinski definition) is 5. The van der Waals surface area contributed by atoms with Crippen molar-refractivity contribution in [3.05, 3.63) is 68.2 Å².